The van der Waals surface area contributed by atoms with Crippen molar-refractivity contribution in [3.63, 3.8) is 0 Å². The van der Waals surface area contributed by atoms with Crippen LogP contribution in [0, 0.1) is 5.95 Å². The first-order valence-corrected chi connectivity index (χ1v) is 7.86. The molecular weight excluding hydrogens is 384 g/mol. The third-order valence-electron chi connectivity index (χ3n) is 3.80. The van der Waals surface area contributed by atoms with Crippen molar-refractivity contribution in [1.29, 1.82) is 0 Å². The van der Waals surface area contributed by atoms with E-state index in [9.17, 15) is 22.4 Å². The predicted molar refractivity (Wildman–Crippen MR) is 90.2 cm³/mol. The van der Waals surface area contributed by atoms with Crippen molar-refractivity contribution in [2.45, 2.75) is 19.2 Å². The molecule has 0 fully saturated rings. The number of ether oxygens (including phenoxy) is 1. The molecule has 0 aromatic carbocycles. The molecule has 0 aliphatic heterocycles. The maximum Gasteiger partial charge on any atom is 0.417 e. The third kappa shape index (κ3) is 4.01. The number of hydrogen-bond donors (Lipinski definition) is 2. The Hall–Kier alpha value is -3.28. The van der Waals surface area contributed by atoms with Gasteiger partial charge in [-0.3, -0.25) is 4.98 Å². The lowest BCUT2D eigenvalue weighted by Crippen LogP contribution is -2.22. The van der Waals surface area contributed by atoms with E-state index in [1.807, 2.05) is 0 Å². The van der Waals surface area contributed by atoms with Crippen LogP contribution >= 0.6 is 0 Å². The Morgan fingerprint density at radius 1 is 1.21 bits per heavy atom. The molecule has 2 amide bonds. The van der Waals surface area contributed by atoms with Gasteiger partial charge in [0.15, 0.2) is 5.65 Å². The van der Waals surface area contributed by atoms with E-state index in [1.165, 1.54) is 17.8 Å². The number of urea groups is 1. The van der Waals surface area contributed by atoms with E-state index in [2.05, 4.69) is 25.7 Å². The highest BCUT2D eigenvalue weighted by Gasteiger charge is 2.31. The van der Waals surface area contributed by atoms with Crippen molar-refractivity contribution in [1.82, 2.24) is 19.6 Å². The lowest BCUT2D eigenvalue weighted by Gasteiger charge is -2.17. The zero-order valence-electron chi connectivity index (χ0n) is 14.6. The van der Waals surface area contributed by atoms with Gasteiger partial charge in [-0.15, -0.1) is 5.10 Å². The van der Waals surface area contributed by atoms with Crippen LogP contribution in [0.2, 0.25) is 0 Å². The first-order chi connectivity index (χ1) is 13.2. The number of pyridine rings is 1. The summed E-state index contributed by atoms with van der Waals surface area (Å²) in [6, 6.07) is 0.999. The largest absolute Gasteiger partial charge is 0.417 e. The van der Waals surface area contributed by atoms with Gasteiger partial charge in [0.1, 0.15) is 0 Å². The molecule has 3 aromatic rings. The topological polar surface area (TPSA) is 93.4 Å². The van der Waals surface area contributed by atoms with Crippen molar-refractivity contribution in [2.75, 3.05) is 17.7 Å². The van der Waals surface area contributed by atoms with Gasteiger partial charge in [0, 0.05) is 19.4 Å². The number of amides is 2. The molecule has 0 saturated carbocycles. The van der Waals surface area contributed by atoms with Crippen molar-refractivity contribution in [3.05, 3.63) is 47.9 Å². The second-order valence-corrected chi connectivity index (χ2v) is 5.71. The zero-order valence-corrected chi connectivity index (χ0v) is 14.6. The van der Waals surface area contributed by atoms with Crippen molar-refractivity contribution in [2.24, 2.45) is 0 Å². The number of hydrogen-bond acceptors (Lipinski definition) is 5. The van der Waals surface area contributed by atoms with Crippen LogP contribution in [0.4, 0.5) is 33.7 Å². The molecule has 0 bridgehead atoms. The van der Waals surface area contributed by atoms with Gasteiger partial charge in [0.25, 0.3) is 0 Å². The molecule has 0 aliphatic carbocycles. The van der Waals surface area contributed by atoms with Crippen molar-refractivity contribution >= 4 is 23.1 Å². The lowest BCUT2D eigenvalue weighted by atomic mass is 10.2. The number of alkyl halides is 3. The Bertz CT molecular complexity index is 1020. The summed E-state index contributed by atoms with van der Waals surface area (Å²) < 4.78 is 58.1. The Morgan fingerprint density at radius 2 is 1.96 bits per heavy atom. The van der Waals surface area contributed by atoms with Gasteiger partial charge in [-0.1, -0.05) is 0 Å². The fourth-order valence-electron chi connectivity index (χ4n) is 2.47. The van der Waals surface area contributed by atoms with Crippen LogP contribution in [0.1, 0.15) is 24.3 Å². The maximum absolute atomic E-state index is 13.5. The number of fused-ring (bicyclic) bond motifs is 1. The van der Waals surface area contributed by atoms with E-state index in [0.29, 0.717) is 11.9 Å². The average Bonchev–Trinajstić information content (AvgIpc) is 3.00. The average molecular weight is 398 g/mol. The second kappa shape index (κ2) is 7.38. The van der Waals surface area contributed by atoms with Gasteiger partial charge < -0.3 is 15.4 Å². The summed E-state index contributed by atoms with van der Waals surface area (Å²) in [7, 11) is 1.41. The minimum Gasteiger partial charge on any atom is -0.375 e. The number of aromatic nitrogens is 4. The third-order valence-corrected chi connectivity index (χ3v) is 3.80. The van der Waals surface area contributed by atoms with Gasteiger partial charge >= 0.3 is 12.2 Å². The number of nitrogens with one attached hydrogen (secondary N) is 2. The highest BCUT2D eigenvalue weighted by molar-refractivity contribution is 6.00. The number of halogens is 4. The molecule has 12 heteroatoms. The van der Waals surface area contributed by atoms with Crippen LogP contribution in [-0.4, -0.2) is 32.7 Å². The smallest absolute Gasteiger partial charge is 0.375 e. The highest BCUT2D eigenvalue weighted by atomic mass is 19.4. The zero-order chi connectivity index (χ0) is 20.5. The van der Waals surface area contributed by atoms with Crippen molar-refractivity contribution < 1.29 is 27.1 Å². The van der Waals surface area contributed by atoms with Crippen LogP contribution in [-0.2, 0) is 10.9 Å². The molecular formula is C16H14F4N6O2. The fourth-order valence-corrected chi connectivity index (χ4v) is 2.47. The molecule has 0 unspecified atom stereocenters. The molecule has 8 nitrogen and oxygen atoms in total. The Labute approximate surface area is 155 Å². The van der Waals surface area contributed by atoms with Crippen LogP contribution in [0.25, 0.3) is 5.65 Å². The molecule has 0 radical (unpaired) electrons. The van der Waals surface area contributed by atoms with Crippen LogP contribution in [0.3, 0.4) is 0 Å². The molecule has 148 valence electrons. The highest BCUT2D eigenvalue weighted by Crippen LogP contribution is 2.30. The Kier molecular flexibility index (Phi) is 5.14. The van der Waals surface area contributed by atoms with Gasteiger partial charge in [-0.25, -0.2) is 14.3 Å². The van der Waals surface area contributed by atoms with Gasteiger partial charge in [0.2, 0.25) is 5.95 Å². The standard InChI is InChI=1S/C16H14F4N6O2/c1-8(28-2)14-11(7-22-13-4-12(17)25-26(13)14)24-15(27)23-10-3-9(5-21-6-10)16(18,19)20/h3-8H,1-2H3,(H2,23,24,27)/t8-/m0/s1. The quantitative estimate of drug-likeness (QED) is 0.655. The Balaban J connectivity index is 1.87. The minimum atomic E-state index is -4.60. The summed E-state index contributed by atoms with van der Waals surface area (Å²) in [5.74, 6) is -0.770. The molecule has 0 spiro atoms. The van der Waals surface area contributed by atoms with E-state index in [-0.39, 0.29) is 17.0 Å². The summed E-state index contributed by atoms with van der Waals surface area (Å²) in [6.45, 7) is 1.65. The van der Waals surface area contributed by atoms with Crippen LogP contribution in [0.5, 0.6) is 0 Å². The minimum absolute atomic E-state index is 0.141. The van der Waals surface area contributed by atoms with E-state index < -0.39 is 29.8 Å². The number of nitrogens with zero attached hydrogens (tertiary/aromatic N) is 4. The number of carbonyl (C=O) groups is 1. The van der Waals surface area contributed by atoms with E-state index >= 15 is 0 Å². The monoisotopic (exact) mass is 398 g/mol. The summed E-state index contributed by atoms with van der Waals surface area (Å²) >= 11 is 0. The van der Waals surface area contributed by atoms with Crippen LogP contribution in [0.15, 0.2) is 30.7 Å². The number of carbonyl (C=O) groups excluding carboxylic acids is 1. The summed E-state index contributed by atoms with van der Waals surface area (Å²) in [5, 5.41) is 8.38. The predicted octanol–water partition coefficient (Wildman–Crippen LogP) is 3.63. The molecule has 2 N–H and O–H groups in total. The summed E-state index contributed by atoms with van der Waals surface area (Å²) in [4.78, 5) is 19.7. The van der Waals surface area contributed by atoms with Gasteiger partial charge in [-0.05, 0) is 13.0 Å². The normalized spacial score (nSPS) is 12.8. The SMILES string of the molecule is CO[C@@H](C)c1c(NC(=O)Nc2cncc(C(F)(F)F)c2)cnc2cc(F)nn12. The number of methoxy groups -OCH3 is 1. The molecule has 3 heterocycles. The summed E-state index contributed by atoms with van der Waals surface area (Å²) in [5.41, 5.74) is -0.525. The molecule has 0 saturated heterocycles. The van der Waals surface area contributed by atoms with E-state index in [0.717, 1.165) is 18.3 Å². The summed E-state index contributed by atoms with van der Waals surface area (Å²) in [6.07, 6.45) is -2.22. The van der Waals surface area contributed by atoms with E-state index in [4.69, 9.17) is 4.74 Å². The molecule has 28 heavy (non-hydrogen) atoms. The lowest BCUT2D eigenvalue weighted by molar-refractivity contribution is -0.137. The number of anilines is 2. The van der Waals surface area contributed by atoms with Gasteiger partial charge in [0.05, 0.1) is 41.1 Å². The maximum atomic E-state index is 13.5. The van der Waals surface area contributed by atoms with Gasteiger partial charge in [-0.2, -0.15) is 17.6 Å². The molecule has 3 rings (SSSR count). The Morgan fingerprint density at radius 3 is 2.64 bits per heavy atom. The second-order valence-electron chi connectivity index (χ2n) is 5.71. The molecule has 3 aromatic heterocycles. The molecule has 0 aliphatic rings. The first-order valence-electron chi connectivity index (χ1n) is 7.86. The fraction of sp³-hybridized carbons (Fsp3) is 0.250. The molecule has 1 atom stereocenters. The van der Waals surface area contributed by atoms with Crippen molar-refractivity contribution in [3.8, 4) is 0 Å². The van der Waals surface area contributed by atoms with E-state index in [1.54, 1.807) is 6.92 Å². The first kappa shape index (κ1) is 19.5. The van der Waals surface area contributed by atoms with Crippen LogP contribution < -0.4 is 10.6 Å². The number of rotatable bonds is 4.